The molecule has 3 aromatic rings. The fraction of sp³-hybridized carbons (Fsp3) is 0.0909. The van der Waals surface area contributed by atoms with E-state index in [1.54, 1.807) is 23.7 Å². The molecular formula is C11H9N5O3S2. The Kier molecular flexibility index (Phi) is 3.18. The summed E-state index contributed by atoms with van der Waals surface area (Å²) in [6, 6.07) is 4.79. The molecule has 0 fully saturated rings. The molecule has 0 spiro atoms. The van der Waals surface area contributed by atoms with Crippen molar-refractivity contribution in [1.29, 1.82) is 0 Å². The van der Waals surface area contributed by atoms with Crippen LogP contribution in [0.4, 0.5) is 0 Å². The number of hydrogen-bond acceptors (Lipinski definition) is 7. The first-order valence-electron chi connectivity index (χ1n) is 5.71. The van der Waals surface area contributed by atoms with Crippen LogP contribution in [0.2, 0.25) is 0 Å². The predicted molar refractivity (Wildman–Crippen MR) is 76.2 cm³/mol. The zero-order chi connectivity index (χ0) is 15.0. The summed E-state index contributed by atoms with van der Waals surface area (Å²) in [5, 5.41) is 8.07. The first kappa shape index (κ1) is 13.6. The topological polar surface area (TPSA) is 111 Å². The summed E-state index contributed by atoms with van der Waals surface area (Å²) in [4.78, 5) is 19.8. The molecule has 0 amide bonds. The van der Waals surface area contributed by atoms with Gasteiger partial charge in [-0.2, -0.15) is 10.1 Å². The molecule has 0 aliphatic heterocycles. The molecule has 0 atom stereocenters. The monoisotopic (exact) mass is 323 g/mol. The Hall–Kier alpha value is -2.33. The lowest BCUT2D eigenvalue weighted by Crippen LogP contribution is -2.15. The van der Waals surface area contributed by atoms with Crippen LogP contribution in [0.25, 0.3) is 16.6 Å². The Balaban J connectivity index is 2.01. The Bertz CT molecular complexity index is 954. The van der Waals surface area contributed by atoms with Gasteiger partial charge < -0.3 is 0 Å². The van der Waals surface area contributed by atoms with E-state index < -0.39 is 9.84 Å². The number of thiazole rings is 1. The number of aromatic nitrogens is 5. The van der Waals surface area contributed by atoms with Crippen LogP contribution < -0.4 is 5.56 Å². The highest BCUT2D eigenvalue weighted by Gasteiger charge is 2.16. The number of hydrogen-bond donors (Lipinski definition) is 1. The predicted octanol–water partition coefficient (Wildman–Crippen LogP) is 0.483. The van der Waals surface area contributed by atoms with Gasteiger partial charge in [0.1, 0.15) is 5.69 Å². The number of aromatic amines is 1. The van der Waals surface area contributed by atoms with E-state index in [9.17, 15) is 13.2 Å². The molecule has 0 unspecified atom stereocenters. The van der Waals surface area contributed by atoms with E-state index in [1.165, 1.54) is 22.0 Å². The van der Waals surface area contributed by atoms with E-state index in [0.717, 1.165) is 6.26 Å². The second kappa shape index (κ2) is 4.90. The van der Waals surface area contributed by atoms with E-state index in [4.69, 9.17) is 0 Å². The van der Waals surface area contributed by atoms with Gasteiger partial charge >= 0.3 is 0 Å². The van der Waals surface area contributed by atoms with Crippen molar-refractivity contribution >= 4 is 21.2 Å². The molecule has 3 heterocycles. The lowest BCUT2D eigenvalue weighted by Gasteiger charge is -1.97. The fourth-order valence-electron chi connectivity index (χ4n) is 1.59. The SMILES string of the molecule is CS(=O)(=O)c1nc(-c2csc(-n3ccccc3=O)n2)n[nH]1. The zero-order valence-corrected chi connectivity index (χ0v) is 12.3. The van der Waals surface area contributed by atoms with Crippen molar-refractivity contribution in [3.63, 3.8) is 0 Å². The van der Waals surface area contributed by atoms with Gasteiger partial charge in [0.25, 0.3) is 5.56 Å². The van der Waals surface area contributed by atoms with Crippen molar-refractivity contribution < 1.29 is 8.42 Å². The number of nitrogens with zero attached hydrogens (tertiary/aromatic N) is 4. The zero-order valence-electron chi connectivity index (χ0n) is 10.7. The maximum absolute atomic E-state index is 11.7. The van der Waals surface area contributed by atoms with Crippen LogP contribution >= 0.6 is 11.3 Å². The van der Waals surface area contributed by atoms with Gasteiger partial charge in [-0.3, -0.25) is 9.36 Å². The fourth-order valence-corrected chi connectivity index (χ4v) is 2.84. The van der Waals surface area contributed by atoms with Gasteiger partial charge in [-0.05, 0) is 6.07 Å². The molecule has 21 heavy (non-hydrogen) atoms. The number of H-pyrrole nitrogens is 1. The molecule has 0 aromatic carbocycles. The highest BCUT2D eigenvalue weighted by atomic mass is 32.2. The minimum absolute atomic E-state index is 0.168. The molecule has 8 nitrogen and oxygen atoms in total. The van der Waals surface area contributed by atoms with Crippen LogP contribution in [0.1, 0.15) is 0 Å². The van der Waals surface area contributed by atoms with Gasteiger partial charge in [-0.25, -0.2) is 18.5 Å². The first-order valence-corrected chi connectivity index (χ1v) is 8.49. The van der Waals surface area contributed by atoms with E-state index in [1.807, 2.05) is 0 Å². The smallest absolute Gasteiger partial charge is 0.256 e. The highest BCUT2D eigenvalue weighted by molar-refractivity contribution is 7.90. The molecule has 0 saturated carbocycles. The van der Waals surface area contributed by atoms with Gasteiger partial charge in [0.2, 0.25) is 20.8 Å². The lowest BCUT2D eigenvalue weighted by molar-refractivity contribution is 0.594. The van der Waals surface area contributed by atoms with Crippen molar-refractivity contribution in [2.75, 3.05) is 6.26 Å². The average Bonchev–Trinajstić information content (AvgIpc) is 3.07. The second-order valence-electron chi connectivity index (χ2n) is 4.16. The molecule has 0 aliphatic rings. The van der Waals surface area contributed by atoms with Gasteiger partial charge in [-0.15, -0.1) is 11.3 Å². The van der Waals surface area contributed by atoms with E-state index in [-0.39, 0.29) is 16.5 Å². The van der Waals surface area contributed by atoms with Gasteiger partial charge in [0.05, 0.1) is 0 Å². The number of nitrogens with one attached hydrogen (secondary N) is 1. The highest BCUT2D eigenvalue weighted by Crippen LogP contribution is 2.21. The Morgan fingerprint density at radius 3 is 2.76 bits per heavy atom. The third-order valence-electron chi connectivity index (χ3n) is 2.57. The van der Waals surface area contributed by atoms with Gasteiger partial charge in [0, 0.05) is 23.9 Å². The standard InChI is InChI=1S/C11H9N5O3S2/c1-21(18,19)10-13-9(14-15-10)7-6-20-11(12-7)16-5-3-2-4-8(16)17/h2-6H,1H3,(H,13,14,15). The Morgan fingerprint density at radius 1 is 1.29 bits per heavy atom. The van der Waals surface area contributed by atoms with Crippen LogP contribution in [0.3, 0.4) is 0 Å². The maximum Gasteiger partial charge on any atom is 0.256 e. The number of rotatable bonds is 3. The molecule has 0 aliphatic carbocycles. The normalized spacial score (nSPS) is 11.7. The number of pyridine rings is 1. The molecule has 0 saturated heterocycles. The maximum atomic E-state index is 11.7. The van der Waals surface area contributed by atoms with Crippen LogP contribution in [-0.4, -0.2) is 39.4 Å². The summed E-state index contributed by atoms with van der Waals surface area (Å²) in [7, 11) is -3.45. The quantitative estimate of drug-likeness (QED) is 0.750. The first-order chi connectivity index (χ1) is 9.95. The molecule has 3 aromatic heterocycles. The molecule has 3 rings (SSSR count). The van der Waals surface area contributed by atoms with Crippen LogP contribution in [0.15, 0.2) is 39.7 Å². The van der Waals surface area contributed by atoms with Crippen LogP contribution in [0.5, 0.6) is 0 Å². The Morgan fingerprint density at radius 2 is 2.10 bits per heavy atom. The number of sulfone groups is 1. The summed E-state index contributed by atoms with van der Waals surface area (Å²) in [6.07, 6.45) is 2.64. The molecule has 0 bridgehead atoms. The molecule has 10 heteroatoms. The molecular weight excluding hydrogens is 314 g/mol. The molecule has 108 valence electrons. The van der Waals surface area contributed by atoms with E-state index >= 15 is 0 Å². The Labute approximate surface area is 123 Å². The van der Waals surface area contributed by atoms with Crippen LogP contribution in [0, 0.1) is 0 Å². The summed E-state index contributed by atoms with van der Waals surface area (Å²) >= 11 is 1.24. The van der Waals surface area contributed by atoms with Crippen molar-refractivity contribution in [2.24, 2.45) is 0 Å². The van der Waals surface area contributed by atoms with Crippen molar-refractivity contribution in [3.05, 3.63) is 40.1 Å². The van der Waals surface area contributed by atoms with Crippen molar-refractivity contribution in [2.45, 2.75) is 5.16 Å². The third-order valence-corrected chi connectivity index (χ3v) is 4.29. The lowest BCUT2D eigenvalue weighted by atomic mass is 10.5. The summed E-state index contributed by atoms with van der Waals surface area (Å²) in [5.41, 5.74) is 0.196. The largest absolute Gasteiger partial charge is 0.269 e. The summed E-state index contributed by atoms with van der Waals surface area (Å²) in [5.74, 6) is 0.168. The summed E-state index contributed by atoms with van der Waals surface area (Å²) in [6.45, 7) is 0. The van der Waals surface area contributed by atoms with Gasteiger partial charge in [0.15, 0.2) is 5.13 Å². The van der Waals surface area contributed by atoms with Gasteiger partial charge in [-0.1, -0.05) is 6.07 Å². The van der Waals surface area contributed by atoms with Crippen LogP contribution in [-0.2, 0) is 9.84 Å². The van der Waals surface area contributed by atoms with E-state index in [0.29, 0.717) is 10.8 Å². The minimum Gasteiger partial charge on any atom is -0.269 e. The molecule has 1 N–H and O–H groups in total. The average molecular weight is 323 g/mol. The third kappa shape index (κ3) is 2.62. The second-order valence-corrected chi connectivity index (χ2v) is 6.93. The van der Waals surface area contributed by atoms with Crippen molar-refractivity contribution in [1.82, 2.24) is 24.7 Å². The minimum atomic E-state index is -3.45. The molecule has 0 radical (unpaired) electrons. The van der Waals surface area contributed by atoms with E-state index in [2.05, 4.69) is 20.2 Å². The van der Waals surface area contributed by atoms with Crippen molar-refractivity contribution in [3.8, 4) is 16.6 Å². The summed E-state index contributed by atoms with van der Waals surface area (Å²) < 4.78 is 24.1.